The van der Waals surface area contributed by atoms with Crippen LogP contribution in [0.5, 0.6) is 0 Å². The molecule has 0 heterocycles. The number of rotatable bonds is 4. The Morgan fingerprint density at radius 1 is 1.19 bits per heavy atom. The maximum absolute atomic E-state index is 12.8. The van der Waals surface area contributed by atoms with Gasteiger partial charge in [-0.05, 0) is 37.1 Å². The number of sulfone groups is 1. The third-order valence-electron chi connectivity index (χ3n) is 4.00. The van der Waals surface area contributed by atoms with E-state index in [1.807, 2.05) is 0 Å². The summed E-state index contributed by atoms with van der Waals surface area (Å²) in [4.78, 5) is 13.7. The molecule has 0 unspecified atom stereocenters. The minimum Gasteiger partial charge on any atom is -0.342 e. The van der Waals surface area contributed by atoms with Crippen molar-refractivity contribution < 1.29 is 17.6 Å². The molecule has 0 aliphatic heterocycles. The van der Waals surface area contributed by atoms with Crippen LogP contribution in [-0.2, 0) is 14.6 Å². The summed E-state index contributed by atoms with van der Waals surface area (Å²) < 4.78 is 37.2. The Kier molecular flexibility index (Phi) is 4.98. The Morgan fingerprint density at radius 3 is 2.33 bits per heavy atom. The molecule has 0 bridgehead atoms. The molecule has 1 saturated carbocycles. The summed E-state index contributed by atoms with van der Waals surface area (Å²) in [5, 5.41) is 0. The maximum Gasteiger partial charge on any atom is 0.238 e. The van der Waals surface area contributed by atoms with E-state index in [4.69, 9.17) is 0 Å². The predicted octanol–water partition coefficient (Wildman–Crippen LogP) is 2.39. The van der Waals surface area contributed by atoms with Crippen molar-refractivity contribution in [3.63, 3.8) is 0 Å². The highest BCUT2D eigenvalue weighted by Crippen LogP contribution is 2.22. The minimum absolute atomic E-state index is 0.0192. The van der Waals surface area contributed by atoms with Crippen LogP contribution in [0.25, 0.3) is 0 Å². The Bertz CT molecular complexity index is 592. The molecule has 0 N–H and O–H groups in total. The van der Waals surface area contributed by atoms with E-state index in [2.05, 4.69) is 0 Å². The van der Waals surface area contributed by atoms with E-state index >= 15 is 0 Å². The van der Waals surface area contributed by atoms with Crippen molar-refractivity contribution in [3.8, 4) is 0 Å². The number of amides is 1. The third kappa shape index (κ3) is 4.03. The Morgan fingerprint density at radius 2 is 1.76 bits per heavy atom. The third-order valence-corrected chi connectivity index (χ3v) is 5.62. The second-order valence-electron chi connectivity index (χ2n) is 5.51. The summed E-state index contributed by atoms with van der Waals surface area (Å²) in [5.41, 5.74) is 0. The zero-order valence-electron chi connectivity index (χ0n) is 12.1. The van der Waals surface area contributed by atoms with Gasteiger partial charge in [0.15, 0.2) is 9.84 Å². The first kappa shape index (κ1) is 15.9. The molecule has 1 aliphatic carbocycles. The van der Waals surface area contributed by atoms with E-state index in [1.165, 1.54) is 18.6 Å². The summed E-state index contributed by atoms with van der Waals surface area (Å²) in [6.07, 6.45) is 5.18. The molecule has 1 aromatic carbocycles. The van der Waals surface area contributed by atoms with Crippen molar-refractivity contribution >= 4 is 15.7 Å². The fourth-order valence-electron chi connectivity index (χ4n) is 2.66. The van der Waals surface area contributed by atoms with E-state index in [9.17, 15) is 17.6 Å². The van der Waals surface area contributed by atoms with Crippen molar-refractivity contribution in [2.24, 2.45) is 0 Å². The molecule has 4 nitrogen and oxygen atoms in total. The smallest absolute Gasteiger partial charge is 0.238 e. The van der Waals surface area contributed by atoms with Crippen LogP contribution in [-0.4, -0.2) is 38.1 Å². The van der Waals surface area contributed by atoms with Gasteiger partial charge in [-0.2, -0.15) is 0 Å². The van der Waals surface area contributed by atoms with Crippen LogP contribution in [0.4, 0.5) is 4.39 Å². The number of halogens is 1. The SMILES string of the molecule is CN(C(=O)CS(=O)(=O)c1ccc(F)cc1)C1CCCCC1. The normalized spacial score (nSPS) is 16.7. The van der Waals surface area contributed by atoms with Crippen LogP contribution < -0.4 is 0 Å². The zero-order valence-corrected chi connectivity index (χ0v) is 12.9. The first-order chi connectivity index (χ1) is 9.90. The first-order valence-corrected chi connectivity index (χ1v) is 8.79. The number of hydrogen-bond donors (Lipinski definition) is 0. The molecule has 0 atom stereocenters. The van der Waals surface area contributed by atoms with Crippen LogP contribution >= 0.6 is 0 Å². The van der Waals surface area contributed by atoms with Crippen LogP contribution in [0.3, 0.4) is 0 Å². The summed E-state index contributed by atoms with van der Waals surface area (Å²) in [6, 6.07) is 4.69. The van der Waals surface area contributed by atoms with Gasteiger partial charge < -0.3 is 4.90 Å². The molecule has 1 aromatic rings. The quantitative estimate of drug-likeness (QED) is 0.802. The number of hydrogen-bond acceptors (Lipinski definition) is 3. The highest BCUT2D eigenvalue weighted by atomic mass is 32.2. The molecule has 21 heavy (non-hydrogen) atoms. The topological polar surface area (TPSA) is 54.5 Å². The lowest BCUT2D eigenvalue weighted by Crippen LogP contribution is -2.41. The molecule has 116 valence electrons. The highest BCUT2D eigenvalue weighted by molar-refractivity contribution is 7.92. The molecule has 0 radical (unpaired) electrons. The van der Waals surface area contributed by atoms with Crippen molar-refractivity contribution in [1.29, 1.82) is 0 Å². The molecule has 6 heteroatoms. The van der Waals surface area contributed by atoms with Gasteiger partial charge in [-0.25, -0.2) is 12.8 Å². The Hall–Kier alpha value is -1.43. The lowest BCUT2D eigenvalue weighted by atomic mass is 9.94. The molecular weight excluding hydrogens is 293 g/mol. The van der Waals surface area contributed by atoms with Crippen LogP contribution in [0.15, 0.2) is 29.2 Å². The maximum atomic E-state index is 12.8. The Labute approximate surface area is 124 Å². The summed E-state index contributed by atoms with van der Waals surface area (Å²) in [5.74, 6) is -1.46. The van der Waals surface area contributed by atoms with E-state index in [-0.39, 0.29) is 10.9 Å². The average Bonchev–Trinajstić information content (AvgIpc) is 2.47. The van der Waals surface area contributed by atoms with Gasteiger partial charge in [-0.3, -0.25) is 4.79 Å². The highest BCUT2D eigenvalue weighted by Gasteiger charge is 2.26. The second kappa shape index (κ2) is 6.56. The molecule has 1 amide bonds. The molecule has 0 spiro atoms. The standard InChI is InChI=1S/C15H20FNO3S/c1-17(13-5-3-2-4-6-13)15(18)11-21(19,20)14-9-7-12(16)8-10-14/h7-10,13H,2-6,11H2,1H3. The van der Waals surface area contributed by atoms with Gasteiger partial charge in [-0.1, -0.05) is 19.3 Å². The molecule has 1 fully saturated rings. The van der Waals surface area contributed by atoms with Gasteiger partial charge in [0.2, 0.25) is 5.91 Å². The van der Waals surface area contributed by atoms with Gasteiger partial charge in [0.1, 0.15) is 11.6 Å². The van der Waals surface area contributed by atoms with Gasteiger partial charge in [0.25, 0.3) is 0 Å². The van der Waals surface area contributed by atoms with E-state index in [0.717, 1.165) is 37.8 Å². The monoisotopic (exact) mass is 313 g/mol. The second-order valence-corrected chi connectivity index (χ2v) is 7.50. The van der Waals surface area contributed by atoms with Gasteiger partial charge >= 0.3 is 0 Å². The Balaban J connectivity index is 2.05. The van der Waals surface area contributed by atoms with Crippen molar-refractivity contribution in [2.45, 2.75) is 43.0 Å². The van der Waals surface area contributed by atoms with Crippen molar-refractivity contribution in [3.05, 3.63) is 30.1 Å². The number of carbonyl (C=O) groups excluding carboxylic acids is 1. The average molecular weight is 313 g/mol. The zero-order chi connectivity index (χ0) is 15.5. The first-order valence-electron chi connectivity index (χ1n) is 7.14. The fourth-order valence-corrected chi connectivity index (χ4v) is 3.91. The summed E-state index contributed by atoms with van der Waals surface area (Å²) >= 11 is 0. The van der Waals surface area contributed by atoms with Crippen LogP contribution in [0, 0.1) is 5.82 Å². The minimum atomic E-state index is -3.72. The number of nitrogens with zero attached hydrogens (tertiary/aromatic N) is 1. The van der Waals surface area contributed by atoms with E-state index in [1.54, 1.807) is 11.9 Å². The van der Waals surface area contributed by atoms with Gasteiger partial charge in [0.05, 0.1) is 4.90 Å². The largest absolute Gasteiger partial charge is 0.342 e. The molecule has 1 aliphatic rings. The molecular formula is C15H20FNO3S. The lowest BCUT2D eigenvalue weighted by Gasteiger charge is -2.31. The van der Waals surface area contributed by atoms with Gasteiger partial charge in [0, 0.05) is 13.1 Å². The van der Waals surface area contributed by atoms with Gasteiger partial charge in [-0.15, -0.1) is 0 Å². The van der Waals surface area contributed by atoms with Crippen LogP contribution in [0.1, 0.15) is 32.1 Å². The lowest BCUT2D eigenvalue weighted by molar-refractivity contribution is -0.129. The molecule has 0 saturated heterocycles. The summed E-state index contributed by atoms with van der Waals surface area (Å²) in [7, 11) is -2.05. The van der Waals surface area contributed by atoms with E-state index in [0.29, 0.717) is 0 Å². The number of benzene rings is 1. The molecule has 0 aromatic heterocycles. The molecule has 2 rings (SSSR count). The fraction of sp³-hybridized carbons (Fsp3) is 0.533. The predicted molar refractivity (Wildman–Crippen MR) is 78.1 cm³/mol. The van der Waals surface area contributed by atoms with Crippen molar-refractivity contribution in [2.75, 3.05) is 12.8 Å². The summed E-state index contributed by atoms with van der Waals surface area (Å²) in [6.45, 7) is 0. The van der Waals surface area contributed by atoms with E-state index < -0.39 is 27.3 Å². The van der Waals surface area contributed by atoms with Crippen molar-refractivity contribution in [1.82, 2.24) is 4.90 Å². The number of carbonyl (C=O) groups is 1. The van der Waals surface area contributed by atoms with Crippen LogP contribution in [0.2, 0.25) is 0 Å².